The monoisotopic (exact) mass is 357 g/mol. The Morgan fingerprint density at radius 2 is 1.88 bits per heavy atom. The third kappa shape index (κ3) is 3.98. The first-order valence-electron chi connectivity index (χ1n) is 7.36. The van der Waals surface area contributed by atoms with Crippen LogP contribution in [0.25, 0.3) is 11.0 Å². The fourth-order valence-electron chi connectivity index (χ4n) is 2.13. The number of hydrogen-bond donors (Lipinski definition) is 3. The van der Waals surface area contributed by atoms with Crippen LogP contribution >= 0.6 is 0 Å². The second kappa shape index (κ2) is 7.38. The zero-order chi connectivity index (χ0) is 18.5. The minimum absolute atomic E-state index is 0.110. The Morgan fingerprint density at radius 1 is 1.12 bits per heavy atom. The standard InChI is InChI=1S/C16H12FN5O4/c17-9-6-11(14-12(7-9)20-22-21-14)15(24)26-8-13(23)19-16(25)18-10-4-2-1-3-5-10/h1-7H,8H2,(H,20,21,22)(H2,18,19,23,25). The summed E-state index contributed by atoms with van der Waals surface area (Å²) in [5.74, 6) is -2.52. The van der Waals surface area contributed by atoms with E-state index < -0.39 is 30.3 Å². The van der Waals surface area contributed by atoms with Crippen molar-refractivity contribution in [3.8, 4) is 0 Å². The number of imide groups is 1. The highest BCUT2D eigenvalue weighted by atomic mass is 19.1. The number of aromatic amines is 1. The van der Waals surface area contributed by atoms with E-state index in [2.05, 4.69) is 20.7 Å². The van der Waals surface area contributed by atoms with Gasteiger partial charge in [-0.1, -0.05) is 18.2 Å². The van der Waals surface area contributed by atoms with Crippen molar-refractivity contribution in [2.45, 2.75) is 0 Å². The number of halogens is 1. The molecule has 0 aliphatic rings. The van der Waals surface area contributed by atoms with Gasteiger partial charge in [0.1, 0.15) is 16.9 Å². The second-order valence-corrected chi connectivity index (χ2v) is 5.09. The molecule has 0 fully saturated rings. The summed E-state index contributed by atoms with van der Waals surface area (Å²) >= 11 is 0. The number of ether oxygens (including phenoxy) is 1. The van der Waals surface area contributed by atoms with Crippen molar-refractivity contribution in [3.63, 3.8) is 0 Å². The lowest BCUT2D eigenvalue weighted by Crippen LogP contribution is -2.37. The van der Waals surface area contributed by atoms with E-state index in [1.165, 1.54) is 0 Å². The molecule has 1 aromatic heterocycles. The molecular formula is C16H12FN5O4. The zero-order valence-corrected chi connectivity index (χ0v) is 13.2. The Morgan fingerprint density at radius 3 is 2.65 bits per heavy atom. The van der Waals surface area contributed by atoms with Gasteiger partial charge < -0.3 is 10.1 Å². The third-order valence-corrected chi connectivity index (χ3v) is 3.23. The maximum atomic E-state index is 13.5. The fraction of sp³-hybridized carbons (Fsp3) is 0.0625. The fourth-order valence-corrected chi connectivity index (χ4v) is 2.13. The molecule has 0 radical (unpaired) electrons. The number of nitrogens with one attached hydrogen (secondary N) is 3. The van der Waals surface area contributed by atoms with Gasteiger partial charge in [0.25, 0.3) is 5.91 Å². The van der Waals surface area contributed by atoms with Crippen LogP contribution in [0, 0.1) is 5.82 Å². The normalized spacial score (nSPS) is 10.3. The summed E-state index contributed by atoms with van der Waals surface area (Å²) in [6.07, 6.45) is 0. The number of para-hydroxylation sites is 1. The largest absolute Gasteiger partial charge is 0.452 e. The van der Waals surface area contributed by atoms with Crippen LogP contribution in [0.5, 0.6) is 0 Å². The number of carbonyl (C=O) groups is 3. The van der Waals surface area contributed by atoms with Crippen LogP contribution in [-0.2, 0) is 9.53 Å². The first-order chi connectivity index (χ1) is 12.5. The number of benzene rings is 2. The van der Waals surface area contributed by atoms with E-state index in [0.29, 0.717) is 5.69 Å². The van der Waals surface area contributed by atoms with Gasteiger partial charge in [0.05, 0.1) is 5.56 Å². The Bertz CT molecular complexity index is 973. The quantitative estimate of drug-likeness (QED) is 0.609. The molecule has 3 amide bonds. The number of aromatic nitrogens is 3. The molecule has 10 heteroatoms. The summed E-state index contributed by atoms with van der Waals surface area (Å²) in [5, 5.41) is 14.1. The lowest BCUT2D eigenvalue weighted by Gasteiger charge is -2.07. The van der Waals surface area contributed by atoms with Gasteiger partial charge in [0.2, 0.25) is 0 Å². The van der Waals surface area contributed by atoms with Gasteiger partial charge >= 0.3 is 12.0 Å². The number of esters is 1. The van der Waals surface area contributed by atoms with Crippen LogP contribution in [0.1, 0.15) is 10.4 Å². The number of carbonyl (C=O) groups excluding carboxylic acids is 3. The van der Waals surface area contributed by atoms with Gasteiger partial charge in [-0.15, -0.1) is 0 Å². The molecule has 0 bridgehead atoms. The molecule has 26 heavy (non-hydrogen) atoms. The number of anilines is 1. The molecule has 0 spiro atoms. The topological polar surface area (TPSA) is 126 Å². The summed E-state index contributed by atoms with van der Waals surface area (Å²) in [4.78, 5) is 35.4. The van der Waals surface area contributed by atoms with E-state index >= 15 is 0 Å². The minimum atomic E-state index is -0.970. The number of H-pyrrole nitrogens is 1. The van der Waals surface area contributed by atoms with Gasteiger partial charge in [-0.05, 0) is 18.2 Å². The molecule has 0 unspecified atom stereocenters. The van der Waals surface area contributed by atoms with E-state index in [-0.39, 0.29) is 16.6 Å². The third-order valence-electron chi connectivity index (χ3n) is 3.23. The van der Waals surface area contributed by atoms with E-state index in [9.17, 15) is 18.8 Å². The molecule has 1 heterocycles. The van der Waals surface area contributed by atoms with Gasteiger partial charge in [0.15, 0.2) is 6.61 Å². The Labute approximate surface area is 145 Å². The molecule has 3 rings (SSSR count). The van der Waals surface area contributed by atoms with Gasteiger partial charge in [0, 0.05) is 11.8 Å². The predicted molar refractivity (Wildman–Crippen MR) is 87.7 cm³/mol. The highest BCUT2D eigenvalue weighted by Crippen LogP contribution is 2.17. The van der Waals surface area contributed by atoms with E-state index in [4.69, 9.17) is 4.74 Å². The maximum absolute atomic E-state index is 13.5. The summed E-state index contributed by atoms with van der Waals surface area (Å²) in [7, 11) is 0. The predicted octanol–water partition coefficient (Wildman–Crippen LogP) is 1.60. The number of amides is 3. The summed E-state index contributed by atoms with van der Waals surface area (Å²) in [5.41, 5.74) is 0.556. The first kappa shape index (κ1) is 17.0. The number of hydrogen-bond acceptors (Lipinski definition) is 6. The first-order valence-corrected chi connectivity index (χ1v) is 7.36. The SMILES string of the molecule is O=C(COC(=O)c1cc(F)cc2n[nH]nc12)NC(=O)Nc1ccccc1. The summed E-state index contributed by atoms with van der Waals surface area (Å²) in [6, 6.07) is 9.71. The number of urea groups is 1. The van der Waals surface area contributed by atoms with Crippen LogP contribution in [0.3, 0.4) is 0 Å². The molecule has 0 atom stereocenters. The van der Waals surface area contributed by atoms with Crippen molar-refractivity contribution in [1.29, 1.82) is 0 Å². The summed E-state index contributed by atoms with van der Waals surface area (Å²) in [6.45, 7) is -0.725. The highest BCUT2D eigenvalue weighted by Gasteiger charge is 2.18. The molecule has 2 aromatic carbocycles. The van der Waals surface area contributed by atoms with Crippen molar-refractivity contribution in [1.82, 2.24) is 20.7 Å². The zero-order valence-electron chi connectivity index (χ0n) is 13.2. The lowest BCUT2D eigenvalue weighted by atomic mass is 10.2. The molecule has 9 nitrogen and oxygen atoms in total. The van der Waals surface area contributed by atoms with E-state index in [1.807, 2.05) is 5.32 Å². The van der Waals surface area contributed by atoms with Crippen molar-refractivity contribution >= 4 is 34.6 Å². The van der Waals surface area contributed by atoms with Gasteiger partial charge in [-0.2, -0.15) is 15.4 Å². The average Bonchev–Trinajstić information content (AvgIpc) is 3.08. The van der Waals surface area contributed by atoms with Crippen molar-refractivity contribution in [3.05, 3.63) is 53.8 Å². The Hall–Kier alpha value is -3.82. The van der Waals surface area contributed by atoms with E-state index in [1.54, 1.807) is 30.3 Å². The molecule has 3 aromatic rings. The van der Waals surface area contributed by atoms with Crippen LogP contribution in [0.2, 0.25) is 0 Å². The van der Waals surface area contributed by atoms with Gasteiger partial charge in [-0.3, -0.25) is 10.1 Å². The molecule has 0 aliphatic heterocycles. The average molecular weight is 357 g/mol. The van der Waals surface area contributed by atoms with Gasteiger partial charge in [-0.25, -0.2) is 14.0 Å². The lowest BCUT2D eigenvalue weighted by molar-refractivity contribution is -0.123. The molecule has 0 saturated heterocycles. The summed E-state index contributed by atoms with van der Waals surface area (Å²) < 4.78 is 18.3. The molecule has 0 aliphatic carbocycles. The van der Waals surface area contributed by atoms with Crippen LogP contribution in [0.15, 0.2) is 42.5 Å². The van der Waals surface area contributed by atoms with Crippen LogP contribution < -0.4 is 10.6 Å². The smallest absolute Gasteiger partial charge is 0.341 e. The number of rotatable bonds is 4. The second-order valence-electron chi connectivity index (χ2n) is 5.09. The van der Waals surface area contributed by atoms with Crippen LogP contribution in [0.4, 0.5) is 14.9 Å². The van der Waals surface area contributed by atoms with Crippen molar-refractivity contribution in [2.24, 2.45) is 0 Å². The number of nitrogens with zero attached hydrogens (tertiary/aromatic N) is 2. The van der Waals surface area contributed by atoms with E-state index in [0.717, 1.165) is 12.1 Å². The highest BCUT2D eigenvalue weighted by molar-refractivity contribution is 6.04. The molecule has 132 valence electrons. The Kier molecular flexibility index (Phi) is 4.83. The van der Waals surface area contributed by atoms with Crippen molar-refractivity contribution in [2.75, 3.05) is 11.9 Å². The molecular weight excluding hydrogens is 345 g/mol. The molecule has 3 N–H and O–H groups in total. The Balaban J connectivity index is 1.56. The maximum Gasteiger partial charge on any atom is 0.341 e. The number of fused-ring (bicyclic) bond motifs is 1. The molecule has 0 saturated carbocycles. The van der Waals surface area contributed by atoms with Crippen molar-refractivity contribution < 1.29 is 23.5 Å². The van der Waals surface area contributed by atoms with Crippen LogP contribution in [-0.4, -0.2) is 39.9 Å². The minimum Gasteiger partial charge on any atom is -0.452 e.